The van der Waals surface area contributed by atoms with Crippen LogP contribution in [0.1, 0.15) is 39.6 Å². The molecule has 2 aromatic heterocycles. The first-order chi connectivity index (χ1) is 16.7. The molecule has 0 radical (unpaired) electrons. The molecule has 3 aromatic rings. The Morgan fingerprint density at radius 1 is 1.26 bits per heavy atom. The standard InChI is InChI=1S/C23H24F3N5O3S/c1-13-8-28-21(35-13)16-5-15(6-18(7-16)34-12-19-11-27-3-4-33-19)20(32)31-14(2)17-9-29-22(30-10-17)23(24,25)26/h5-10,14,19,27H,3-4,11-12H2,1-2H3,(H,31,32)/t14-,19+/m0/s1. The molecule has 35 heavy (non-hydrogen) atoms. The Balaban J connectivity index is 1.52. The number of hydrogen-bond donors (Lipinski definition) is 2. The van der Waals surface area contributed by atoms with Crippen molar-refractivity contribution in [1.29, 1.82) is 0 Å². The molecule has 1 fully saturated rings. The van der Waals surface area contributed by atoms with Crippen molar-refractivity contribution in [3.63, 3.8) is 0 Å². The fourth-order valence-corrected chi connectivity index (χ4v) is 4.16. The number of aromatic nitrogens is 3. The summed E-state index contributed by atoms with van der Waals surface area (Å²) in [7, 11) is 0. The van der Waals surface area contributed by atoms with E-state index in [0.29, 0.717) is 36.6 Å². The number of hydrogen-bond acceptors (Lipinski definition) is 8. The lowest BCUT2D eigenvalue weighted by atomic mass is 10.1. The lowest BCUT2D eigenvalue weighted by molar-refractivity contribution is -0.145. The number of morpholine rings is 1. The number of halogens is 3. The van der Waals surface area contributed by atoms with Crippen molar-refractivity contribution in [2.45, 2.75) is 32.2 Å². The number of nitrogens with one attached hydrogen (secondary N) is 2. The normalized spacial score (nSPS) is 17.1. The van der Waals surface area contributed by atoms with Crippen LogP contribution in [-0.2, 0) is 10.9 Å². The molecular formula is C23H24F3N5O3S. The summed E-state index contributed by atoms with van der Waals surface area (Å²) in [5.74, 6) is -1.17. The summed E-state index contributed by atoms with van der Waals surface area (Å²) in [5, 5.41) is 6.76. The van der Waals surface area contributed by atoms with Gasteiger partial charge in [-0.2, -0.15) is 13.2 Å². The van der Waals surface area contributed by atoms with Gasteiger partial charge in [0.05, 0.1) is 12.6 Å². The number of amides is 1. The maximum Gasteiger partial charge on any atom is 0.451 e. The summed E-state index contributed by atoms with van der Waals surface area (Å²) >= 11 is 1.49. The second-order valence-electron chi connectivity index (χ2n) is 8.06. The van der Waals surface area contributed by atoms with Gasteiger partial charge in [-0.25, -0.2) is 15.0 Å². The number of benzene rings is 1. The van der Waals surface area contributed by atoms with Crippen LogP contribution in [0.3, 0.4) is 0 Å². The molecule has 1 amide bonds. The van der Waals surface area contributed by atoms with Crippen LogP contribution in [-0.4, -0.2) is 53.3 Å². The summed E-state index contributed by atoms with van der Waals surface area (Å²) in [5.41, 5.74) is 1.39. The molecule has 12 heteroatoms. The summed E-state index contributed by atoms with van der Waals surface area (Å²) in [6.07, 6.45) is -0.868. The minimum Gasteiger partial charge on any atom is -0.491 e. The number of carbonyl (C=O) groups is 1. The van der Waals surface area contributed by atoms with Gasteiger partial charge in [0.15, 0.2) is 0 Å². The van der Waals surface area contributed by atoms with Gasteiger partial charge < -0.3 is 20.1 Å². The van der Waals surface area contributed by atoms with Crippen molar-refractivity contribution in [3.8, 4) is 16.3 Å². The average molecular weight is 508 g/mol. The van der Waals surface area contributed by atoms with E-state index in [1.165, 1.54) is 11.3 Å². The Morgan fingerprint density at radius 3 is 2.66 bits per heavy atom. The topological polar surface area (TPSA) is 98.3 Å². The van der Waals surface area contributed by atoms with Gasteiger partial charge in [0.2, 0.25) is 5.82 Å². The summed E-state index contributed by atoms with van der Waals surface area (Å²) in [6, 6.07) is 4.51. The highest BCUT2D eigenvalue weighted by atomic mass is 32.1. The van der Waals surface area contributed by atoms with E-state index in [1.54, 1.807) is 25.3 Å². The lowest BCUT2D eigenvalue weighted by Gasteiger charge is -2.23. The SMILES string of the molecule is Cc1cnc(-c2cc(OC[C@H]3CNCCO3)cc(C(=O)N[C@@H](C)c3cnc(C(F)(F)F)nc3)c2)s1. The first kappa shape index (κ1) is 25.0. The van der Waals surface area contributed by atoms with Crippen LogP contribution in [0, 0.1) is 6.92 Å². The molecule has 1 saturated heterocycles. The molecule has 1 aromatic carbocycles. The number of nitrogens with zero attached hydrogens (tertiary/aromatic N) is 3. The van der Waals surface area contributed by atoms with Gasteiger partial charge in [-0.1, -0.05) is 0 Å². The Bertz CT molecular complexity index is 1160. The number of thiazole rings is 1. The van der Waals surface area contributed by atoms with Crippen LogP contribution in [0.15, 0.2) is 36.8 Å². The zero-order chi connectivity index (χ0) is 25.0. The van der Waals surface area contributed by atoms with E-state index in [2.05, 4.69) is 25.6 Å². The molecular weight excluding hydrogens is 483 g/mol. The third-order valence-electron chi connectivity index (χ3n) is 5.25. The van der Waals surface area contributed by atoms with Gasteiger partial charge in [0.1, 0.15) is 23.5 Å². The Kier molecular flexibility index (Phi) is 7.63. The van der Waals surface area contributed by atoms with Gasteiger partial charge in [-0.15, -0.1) is 11.3 Å². The van der Waals surface area contributed by atoms with E-state index in [-0.39, 0.29) is 6.10 Å². The van der Waals surface area contributed by atoms with Crippen LogP contribution in [0.25, 0.3) is 10.6 Å². The van der Waals surface area contributed by atoms with E-state index in [9.17, 15) is 18.0 Å². The molecule has 2 atom stereocenters. The largest absolute Gasteiger partial charge is 0.491 e. The van der Waals surface area contributed by atoms with Crippen molar-refractivity contribution in [1.82, 2.24) is 25.6 Å². The maximum atomic E-state index is 13.1. The first-order valence-corrected chi connectivity index (χ1v) is 11.7. The van der Waals surface area contributed by atoms with E-state index >= 15 is 0 Å². The summed E-state index contributed by atoms with van der Waals surface area (Å²) < 4.78 is 49.8. The average Bonchev–Trinajstić information content (AvgIpc) is 3.29. The second-order valence-corrected chi connectivity index (χ2v) is 9.30. The van der Waals surface area contributed by atoms with Gasteiger partial charge in [-0.3, -0.25) is 4.79 Å². The molecule has 0 spiro atoms. The van der Waals surface area contributed by atoms with Crippen molar-refractivity contribution in [3.05, 3.63) is 58.6 Å². The highest BCUT2D eigenvalue weighted by Crippen LogP contribution is 2.30. The van der Waals surface area contributed by atoms with E-state index < -0.39 is 23.9 Å². The molecule has 8 nitrogen and oxygen atoms in total. The number of aryl methyl sites for hydroxylation is 1. The lowest BCUT2D eigenvalue weighted by Crippen LogP contribution is -2.41. The second kappa shape index (κ2) is 10.7. The fraction of sp³-hybridized carbons (Fsp3) is 0.391. The predicted octanol–water partition coefficient (Wildman–Crippen LogP) is 3.79. The molecule has 0 saturated carbocycles. The third kappa shape index (κ3) is 6.53. The third-order valence-corrected chi connectivity index (χ3v) is 6.21. The van der Waals surface area contributed by atoms with Gasteiger partial charge >= 0.3 is 6.18 Å². The van der Waals surface area contributed by atoms with E-state index in [4.69, 9.17) is 9.47 Å². The maximum absolute atomic E-state index is 13.1. The molecule has 0 bridgehead atoms. The minimum absolute atomic E-state index is 0.105. The molecule has 1 aliphatic rings. The number of carbonyl (C=O) groups excluding carboxylic acids is 1. The Labute approximate surface area is 203 Å². The smallest absolute Gasteiger partial charge is 0.451 e. The van der Waals surface area contributed by atoms with Gasteiger partial charge in [-0.05, 0) is 32.0 Å². The molecule has 0 unspecified atom stereocenters. The predicted molar refractivity (Wildman–Crippen MR) is 123 cm³/mol. The van der Waals surface area contributed by atoms with Crippen molar-refractivity contribution >= 4 is 17.2 Å². The summed E-state index contributed by atoms with van der Waals surface area (Å²) in [4.78, 5) is 25.2. The quantitative estimate of drug-likeness (QED) is 0.502. The molecule has 0 aliphatic carbocycles. The Hall–Kier alpha value is -3.09. The molecule has 1 aliphatic heterocycles. The van der Waals surface area contributed by atoms with Crippen LogP contribution < -0.4 is 15.4 Å². The zero-order valence-corrected chi connectivity index (χ0v) is 19.9. The highest BCUT2D eigenvalue weighted by Gasteiger charge is 2.34. The van der Waals surface area contributed by atoms with Crippen LogP contribution in [0.2, 0.25) is 0 Å². The van der Waals surface area contributed by atoms with Crippen LogP contribution >= 0.6 is 11.3 Å². The summed E-state index contributed by atoms with van der Waals surface area (Å²) in [6.45, 7) is 5.96. The molecule has 186 valence electrons. The highest BCUT2D eigenvalue weighted by molar-refractivity contribution is 7.14. The Morgan fingerprint density at radius 2 is 2.03 bits per heavy atom. The number of alkyl halides is 3. The molecule has 3 heterocycles. The first-order valence-electron chi connectivity index (χ1n) is 10.9. The number of rotatable bonds is 7. The zero-order valence-electron chi connectivity index (χ0n) is 19.1. The van der Waals surface area contributed by atoms with Crippen molar-refractivity contribution in [2.24, 2.45) is 0 Å². The minimum atomic E-state index is -4.63. The van der Waals surface area contributed by atoms with E-state index in [0.717, 1.165) is 34.4 Å². The molecule has 2 N–H and O–H groups in total. The number of ether oxygens (including phenoxy) is 2. The monoisotopic (exact) mass is 507 g/mol. The van der Waals surface area contributed by atoms with Crippen molar-refractivity contribution < 1.29 is 27.4 Å². The van der Waals surface area contributed by atoms with Gasteiger partial charge in [0, 0.05) is 53.2 Å². The van der Waals surface area contributed by atoms with Crippen LogP contribution in [0.5, 0.6) is 5.75 Å². The van der Waals surface area contributed by atoms with E-state index in [1.807, 2.05) is 13.0 Å². The fourth-order valence-electron chi connectivity index (χ4n) is 3.41. The van der Waals surface area contributed by atoms with Crippen molar-refractivity contribution in [2.75, 3.05) is 26.3 Å². The van der Waals surface area contributed by atoms with Gasteiger partial charge in [0.25, 0.3) is 5.91 Å². The molecule has 4 rings (SSSR count). The van der Waals surface area contributed by atoms with Crippen LogP contribution in [0.4, 0.5) is 13.2 Å².